The van der Waals surface area contributed by atoms with Crippen molar-refractivity contribution in [2.75, 3.05) is 36.5 Å². The quantitative estimate of drug-likeness (QED) is 0.329. The van der Waals surface area contributed by atoms with E-state index < -0.39 is 21.3 Å². The molecule has 2 aliphatic rings. The summed E-state index contributed by atoms with van der Waals surface area (Å²) in [5.41, 5.74) is 6.59. The molecular weight excluding hydrogens is 573 g/mol. The van der Waals surface area contributed by atoms with Crippen molar-refractivity contribution in [3.8, 4) is 16.9 Å². The van der Waals surface area contributed by atoms with Crippen molar-refractivity contribution >= 4 is 38.3 Å². The van der Waals surface area contributed by atoms with E-state index in [4.69, 9.17) is 5.73 Å². The molecule has 1 saturated heterocycles. The van der Waals surface area contributed by atoms with E-state index in [1.54, 1.807) is 17.0 Å². The van der Waals surface area contributed by atoms with Gasteiger partial charge in [-0.3, -0.25) is 9.78 Å². The molecule has 1 saturated carbocycles. The first-order chi connectivity index (χ1) is 20.5. The van der Waals surface area contributed by atoms with Crippen molar-refractivity contribution in [3.63, 3.8) is 0 Å². The average Bonchev–Trinajstić information content (AvgIpc) is 3.82. The lowest BCUT2D eigenvalue weighted by Crippen LogP contribution is -2.54. The van der Waals surface area contributed by atoms with Gasteiger partial charge in [-0.1, -0.05) is 18.7 Å². The molecule has 43 heavy (non-hydrogen) atoms. The number of pyridine rings is 2. The molecular formula is C30H30FN7O4S. The Balaban J connectivity index is 1.67. The number of carbonyl (C=O) groups excluding carboxylic acids is 1. The van der Waals surface area contributed by atoms with Crippen molar-refractivity contribution in [2.45, 2.75) is 36.6 Å². The summed E-state index contributed by atoms with van der Waals surface area (Å²) < 4.78 is 43.2. The number of benzene rings is 1. The van der Waals surface area contributed by atoms with Crippen LogP contribution < -0.4 is 16.3 Å². The Hall–Kier alpha value is -4.65. The maximum atomic E-state index is 15.9. The van der Waals surface area contributed by atoms with E-state index in [1.165, 1.54) is 41.2 Å². The highest BCUT2D eigenvalue weighted by Gasteiger charge is 2.34. The minimum Gasteiger partial charge on any atom is -0.398 e. The largest absolute Gasteiger partial charge is 0.398 e. The van der Waals surface area contributed by atoms with E-state index >= 15 is 4.39 Å². The first kappa shape index (κ1) is 28.5. The van der Waals surface area contributed by atoms with Crippen LogP contribution in [0.1, 0.15) is 31.2 Å². The predicted octanol–water partition coefficient (Wildman–Crippen LogP) is 3.07. The zero-order valence-electron chi connectivity index (χ0n) is 23.7. The van der Waals surface area contributed by atoms with Gasteiger partial charge in [-0.25, -0.2) is 27.2 Å². The summed E-state index contributed by atoms with van der Waals surface area (Å²) >= 11 is 0. The molecule has 1 atom stereocenters. The molecule has 1 aliphatic carbocycles. The second-order valence-corrected chi connectivity index (χ2v) is 13.0. The van der Waals surface area contributed by atoms with Crippen LogP contribution in [0, 0.1) is 5.82 Å². The summed E-state index contributed by atoms with van der Waals surface area (Å²) in [4.78, 5) is 42.9. The van der Waals surface area contributed by atoms with Crippen LogP contribution in [0.5, 0.6) is 0 Å². The number of carbonyl (C=O) groups is 1. The van der Waals surface area contributed by atoms with Gasteiger partial charge in [-0.15, -0.1) is 0 Å². The number of nitrogens with zero attached hydrogens (tertiary/aromatic N) is 6. The zero-order chi connectivity index (χ0) is 30.6. The summed E-state index contributed by atoms with van der Waals surface area (Å²) in [7, 11) is -3.80. The number of piperazine rings is 1. The number of sulfone groups is 1. The molecule has 6 rings (SSSR count). The lowest BCUT2D eigenvalue weighted by atomic mass is 10.1. The Bertz CT molecular complexity index is 1970. The van der Waals surface area contributed by atoms with Gasteiger partial charge in [0.1, 0.15) is 11.5 Å². The van der Waals surface area contributed by atoms with E-state index in [9.17, 15) is 18.0 Å². The van der Waals surface area contributed by atoms with Crippen molar-refractivity contribution in [1.29, 1.82) is 0 Å². The number of fused-ring (bicyclic) bond motifs is 1. The first-order valence-corrected chi connectivity index (χ1v) is 15.7. The maximum absolute atomic E-state index is 15.9. The number of para-hydroxylation sites is 1. The summed E-state index contributed by atoms with van der Waals surface area (Å²) in [5.74, 6) is -0.678. The number of halogens is 1. The molecule has 0 radical (unpaired) electrons. The van der Waals surface area contributed by atoms with Gasteiger partial charge in [0.25, 0.3) is 0 Å². The second kappa shape index (κ2) is 10.6. The predicted molar refractivity (Wildman–Crippen MR) is 161 cm³/mol. The molecule has 0 unspecified atom stereocenters. The highest BCUT2D eigenvalue weighted by atomic mass is 32.2. The third kappa shape index (κ3) is 5.03. The highest BCUT2D eigenvalue weighted by molar-refractivity contribution is 7.90. The molecule has 2 N–H and O–H groups in total. The number of nitrogen functional groups attached to an aromatic ring is 1. The van der Waals surface area contributed by atoms with Crippen LogP contribution in [0.4, 0.5) is 15.9 Å². The monoisotopic (exact) mass is 603 g/mol. The van der Waals surface area contributed by atoms with Crippen LogP contribution in [-0.2, 0) is 14.6 Å². The van der Waals surface area contributed by atoms with Crippen LogP contribution in [-0.4, -0.2) is 70.7 Å². The molecule has 2 fully saturated rings. The fourth-order valence-corrected chi connectivity index (χ4v) is 6.61. The molecule has 1 amide bonds. The van der Waals surface area contributed by atoms with Crippen LogP contribution >= 0.6 is 0 Å². The Morgan fingerprint density at radius 1 is 1.19 bits per heavy atom. The fourth-order valence-electron chi connectivity index (χ4n) is 5.72. The van der Waals surface area contributed by atoms with Gasteiger partial charge in [0.2, 0.25) is 5.91 Å². The van der Waals surface area contributed by atoms with E-state index in [1.807, 2.05) is 11.8 Å². The normalized spacial score (nSPS) is 17.3. The van der Waals surface area contributed by atoms with Gasteiger partial charge in [-0.2, -0.15) is 4.98 Å². The standard InChI is InChI=1S/C30H30FN7O4S/c1-4-25(39)36-12-13-37(17(2)16-36)28-20-14-22(31)26(21-15-33-11-10-23(21)32)34-29(20)38(30(40)35-28)27-19(18-8-9-18)6-5-7-24(27)43(3,41)42/h4-7,10-11,14-15,17-18H,1,8-9,12-13,16H2,2-3H3,(H2,32,33)/t17-/m0/s1. The summed E-state index contributed by atoms with van der Waals surface area (Å²) in [6, 6.07) is 7.38. The first-order valence-electron chi connectivity index (χ1n) is 13.8. The molecule has 222 valence electrons. The molecule has 4 heterocycles. The molecule has 4 aromatic rings. The number of nitrogens with two attached hydrogens (primary N) is 1. The number of amides is 1. The molecule has 0 bridgehead atoms. The number of hydrogen-bond donors (Lipinski definition) is 1. The molecule has 13 heteroatoms. The van der Waals surface area contributed by atoms with Gasteiger partial charge in [-0.05, 0) is 55.5 Å². The van der Waals surface area contributed by atoms with Crippen molar-refractivity contribution in [3.05, 3.63) is 77.2 Å². The van der Waals surface area contributed by atoms with E-state index in [2.05, 4.69) is 21.5 Å². The minimum absolute atomic E-state index is 0.0319. The van der Waals surface area contributed by atoms with Crippen molar-refractivity contribution in [1.82, 2.24) is 24.4 Å². The highest BCUT2D eigenvalue weighted by Crippen LogP contribution is 2.45. The number of hydrogen-bond acceptors (Lipinski definition) is 9. The SMILES string of the molecule is C=CC(=O)N1CCN(c2nc(=O)n(-c3c(C4CC4)cccc3S(C)(=O)=O)c3nc(-c4cnccc4N)c(F)cc23)[C@@H](C)C1. The van der Waals surface area contributed by atoms with Gasteiger partial charge in [0.05, 0.1) is 16.0 Å². The van der Waals surface area contributed by atoms with Crippen LogP contribution in [0.2, 0.25) is 0 Å². The molecule has 1 aromatic carbocycles. The lowest BCUT2D eigenvalue weighted by Gasteiger charge is -2.40. The smallest absolute Gasteiger partial charge is 0.355 e. The van der Waals surface area contributed by atoms with Crippen molar-refractivity contribution in [2.24, 2.45) is 0 Å². The van der Waals surface area contributed by atoms with Gasteiger partial charge in [0, 0.05) is 55.6 Å². The fraction of sp³-hybridized carbons (Fsp3) is 0.300. The van der Waals surface area contributed by atoms with Gasteiger partial charge < -0.3 is 15.5 Å². The Morgan fingerprint density at radius 2 is 1.95 bits per heavy atom. The maximum Gasteiger partial charge on any atom is 0.355 e. The second-order valence-electron chi connectivity index (χ2n) is 11.0. The van der Waals surface area contributed by atoms with Gasteiger partial charge >= 0.3 is 5.69 Å². The number of aromatic nitrogens is 4. The topological polar surface area (TPSA) is 144 Å². The Labute approximate surface area is 247 Å². The molecule has 0 spiro atoms. The van der Waals surface area contributed by atoms with E-state index in [-0.39, 0.29) is 62.2 Å². The number of anilines is 2. The molecule has 3 aromatic heterocycles. The average molecular weight is 604 g/mol. The van der Waals surface area contributed by atoms with Crippen LogP contribution in [0.15, 0.2) is 65.1 Å². The van der Waals surface area contributed by atoms with Crippen molar-refractivity contribution < 1.29 is 17.6 Å². The minimum atomic E-state index is -3.80. The lowest BCUT2D eigenvalue weighted by molar-refractivity contribution is -0.126. The van der Waals surface area contributed by atoms with E-state index in [0.717, 1.165) is 19.1 Å². The number of rotatable bonds is 6. The third-order valence-corrected chi connectivity index (χ3v) is 9.10. The summed E-state index contributed by atoms with van der Waals surface area (Å²) in [6.07, 6.45) is 6.86. The van der Waals surface area contributed by atoms with Gasteiger partial charge in [0.15, 0.2) is 21.3 Å². The zero-order valence-corrected chi connectivity index (χ0v) is 24.5. The van der Waals surface area contributed by atoms with E-state index in [0.29, 0.717) is 25.2 Å². The van der Waals surface area contributed by atoms with Crippen LogP contribution in [0.25, 0.3) is 28.0 Å². The van der Waals surface area contributed by atoms with Crippen LogP contribution in [0.3, 0.4) is 0 Å². The molecule has 11 nitrogen and oxygen atoms in total. The summed E-state index contributed by atoms with van der Waals surface area (Å²) in [6.45, 7) is 6.42. The third-order valence-electron chi connectivity index (χ3n) is 7.97. The Kier molecular flexibility index (Phi) is 6.99. The Morgan fingerprint density at radius 3 is 2.60 bits per heavy atom. The molecule has 1 aliphatic heterocycles. The summed E-state index contributed by atoms with van der Waals surface area (Å²) in [5, 5.41) is 0.212.